The largest absolute Gasteiger partial charge is 0.507 e. The molecule has 3 aliphatic rings. The van der Waals surface area contributed by atoms with E-state index < -0.39 is 17.5 Å². The standard InChI is InChI=1S/C29H37NO5/c1-18-6-11-25-28(2,13-12-26(33)29(25,3)17-31)23(18)10-8-20-15-22(35-27(20)34)14-19-7-9-21(30(4)5)16-24(19)32/h7-10,14-16,23,25-26,31-33H,1,6,11-13,17H2,2-5H3/b10-8+,22-14+/t23?,25?,26-,28-,29+/m1/s1. The Hall–Kier alpha value is -2.83. The summed E-state index contributed by atoms with van der Waals surface area (Å²) in [6, 6.07) is 5.34. The van der Waals surface area contributed by atoms with Crippen LogP contribution in [-0.2, 0) is 9.53 Å². The molecule has 0 amide bonds. The summed E-state index contributed by atoms with van der Waals surface area (Å²) in [5, 5.41) is 31.2. The normalized spacial score (nSPS) is 34.2. The molecular weight excluding hydrogens is 442 g/mol. The number of fused-ring (bicyclic) bond motifs is 1. The SMILES string of the molecule is C=C1CCC2[C@](C)(CC[C@@H](O)[C@@]2(C)CO)C1/C=C/C1=CC(=C\c2ccc(N(C)C)cc2O)/OC1=O. The van der Waals surface area contributed by atoms with Gasteiger partial charge in [0, 0.05) is 42.7 Å². The Bertz CT molecular complexity index is 1120. The van der Waals surface area contributed by atoms with Crippen LogP contribution in [0.5, 0.6) is 5.75 Å². The molecular formula is C29H37NO5. The summed E-state index contributed by atoms with van der Waals surface area (Å²) in [4.78, 5) is 14.5. The third kappa shape index (κ3) is 4.45. The predicted octanol–water partition coefficient (Wildman–Crippen LogP) is 4.58. The quantitative estimate of drug-likeness (QED) is 0.423. The number of benzene rings is 1. The van der Waals surface area contributed by atoms with Crippen LogP contribution in [0.4, 0.5) is 5.69 Å². The first kappa shape index (κ1) is 25.3. The molecule has 1 aromatic carbocycles. The zero-order valence-corrected chi connectivity index (χ0v) is 21.1. The molecule has 1 aliphatic heterocycles. The number of hydrogen-bond donors (Lipinski definition) is 3. The number of hydrogen-bond acceptors (Lipinski definition) is 6. The van der Waals surface area contributed by atoms with Crippen molar-refractivity contribution in [3.63, 3.8) is 0 Å². The fraction of sp³-hybridized carbons (Fsp3) is 0.483. The van der Waals surface area contributed by atoms with Crippen LogP contribution in [0.2, 0.25) is 0 Å². The number of carbonyl (C=O) groups excluding carboxylic acids is 1. The Morgan fingerprint density at radius 3 is 2.66 bits per heavy atom. The molecule has 3 N–H and O–H groups in total. The highest BCUT2D eigenvalue weighted by Crippen LogP contribution is 2.61. The summed E-state index contributed by atoms with van der Waals surface area (Å²) >= 11 is 0. The van der Waals surface area contributed by atoms with E-state index in [2.05, 4.69) is 13.5 Å². The van der Waals surface area contributed by atoms with Crippen LogP contribution >= 0.6 is 0 Å². The van der Waals surface area contributed by atoms with Crippen molar-refractivity contribution in [2.45, 2.75) is 45.6 Å². The summed E-state index contributed by atoms with van der Waals surface area (Å²) < 4.78 is 5.44. The monoisotopic (exact) mass is 479 g/mol. The van der Waals surface area contributed by atoms with Crippen LogP contribution in [0.1, 0.15) is 45.1 Å². The lowest BCUT2D eigenvalue weighted by Gasteiger charge is -2.59. The molecule has 188 valence electrons. The second-order valence-electron chi connectivity index (χ2n) is 11.0. The Balaban J connectivity index is 1.59. The lowest BCUT2D eigenvalue weighted by atomic mass is 9.46. The van der Waals surface area contributed by atoms with Crippen LogP contribution in [0.15, 0.2) is 59.9 Å². The maximum Gasteiger partial charge on any atom is 0.343 e. The third-order valence-corrected chi connectivity index (χ3v) is 8.60. The summed E-state index contributed by atoms with van der Waals surface area (Å²) in [6.45, 7) is 8.50. The minimum absolute atomic E-state index is 0.0315. The Labute approximate surface area is 207 Å². The van der Waals surface area contributed by atoms with E-state index in [-0.39, 0.29) is 29.6 Å². The van der Waals surface area contributed by atoms with Gasteiger partial charge in [0.15, 0.2) is 0 Å². The Morgan fingerprint density at radius 2 is 2.00 bits per heavy atom. The molecule has 0 radical (unpaired) electrons. The molecule has 1 heterocycles. The molecule has 1 aromatic rings. The van der Waals surface area contributed by atoms with E-state index in [0.717, 1.165) is 30.5 Å². The van der Waals surface area contributed by atoms with Gasteiger partial charge in [-0.2, -0.15) is 0 Å². The number of aromatic hydroxyl groups is 1. The number of anilines is 1. The van der Waals surface area contributed by atoms with Crippen molar-refractivity contribution in [2.24, 2.45) is 22.7 Å². The average molecular weight is 480 g/mol. The maximum atomic E-state index is 12.6. The average Bonchev–Trinajstić information content (AvgIpc) is 3.16. The van der Waals surface area contributed by atoms with Gasteiger partial charge in [-0.3, -0.25) is 0 Å². The molecule has 0 aromatic heterocycles. The number of nitrogens with zero attached hydrogens (tertiary/aromatic N) is 1. The fourth-order valence-corrected chi connectivity index (χ4v) is 6.37. The zero-order chi connectivity index (χ0) is 25.5. The zero-order valence-electron chi connectivity index (χ0n) is 21.1. The molecule has 35 heavy (non-hydrogen) atoms. The number of ether oxygens (including phenoxy) is 1. The molecule has 2 saturated carbocycles. The van der Waals surface area contributed by atoms with E-state index in [1.807, 2.05) is 44.1 Å². The van der Waals surface area contributed by atoms with Crippen LogP contribution < -0.4 is 4.90 Å². The highest BCUT2D eigenvalue weighted by molar-refractivity contribution is 5.96. The van der Waals surface area contributed by atoms with Crippen LogP contribution in [0.3, 0.4) is 0 Å². The minimum Gasteiger partial charge on any atom is -0.507 e. The number of aliphatic hydroxyl groups excluding tert-OH is 2. The van der Waals surface area contributed by atoms with Gasteiger partial charge in [0.1, 0.15) is 11.5 Å². The van der Waals surface area contributed by atoms with Crippen molar-refractivity contribution in [2.75, 3.05) is 25.6 Å². The first-order chi connectivity index (χ1) is 16.5. The van der Waals surface area contributed by atoms with Crippen molar-refractivity contribution in [1.29, 1.82) is 0 Å². The van der Waals surface area contributed by atoms with Gasteiger partial charge in [0.25, 0.3) is 0 Å². The summed E-state index contributed by atoms with van der Waals surface area (Å²) in [6.07, 6.45) is 9.85. The first-order valence-corrected chi connectivity index (χ1v) is 12.3. The fourth-order valence-electron chi connectivity index (χ4n) is 6.37. The van der Waals surface area contributed by atoms with E-state index in [9.17, 15) is 20.1 Å². The molecule has 2 unspecified atom stereocenters. The van der Waals surface area contributed by atoms with Gasteiger partial charge < -0.3 is 25.0 Å². The molecule has 0 spiro atoms. The van der Waals surface area contributed by atoms with E-state index in [0.29, 0.717) is 23.3 Å². The van der Waals surface area contributed by atoms with Crippen LogP contribution in [-0.4, -0.2) is 48.1 Å². The first-order valence-electron chi connectivity index (χ1n) is 12.3. The van der Waals surface area contributed by atoms with Gasteiger partial charge in [0.05, 0.1) is 18.3 Å². The third-order valence-electron chi connectivity index (χ3n) is 8.60. The van der Waals surface area contributed by atoms with Gasteiger partial charge >= 0.3 is 5.97 Å². The second-order valence-corrected chi connectivity index (χ2v) is 11.0. The van der Waals surface area contributed by atoms with Crippen molar-refractivity contribution in [1.82, 2.24) is 0 Å². The number of cyclic esters (lactones) is 1. The summed E-state index contributed by atoms with van der Waals surface area (Å²) in [7, 11) is 3.80. The lowest BCUT2D eigenvalue weighted by molar-refractivity contribution is -0.145. The van der Waals surface area contributed by atoms with Gasteiger partial charge in [0.2, 0.25) is 0 Å². The van der Waals surface area contributed by atoms with Gasteiger partial charge in [-0.15, -0.1) is 0 Å². The number of phenols is 1. The van der Waals surface area contributed by atoms with Crippen molar-refractivity contribution < 1.29 is 24.9 Å². The van der Waals surface area contributed by atoms with Crippen LogP contribution in [0, 0.1) is 22.7 Å². The smallest absolute Gasteiger partial charge is 0.343 e. The van der Waals surface area contributed by atoms with E-state index >= 15 is 0 Å². The number of esters is 1. The van der Waals surface area contributed by atoms with E-state index in [1.54, 1.807) is 24.3 Å². The molecule has 0 bridgehead atoms. The van der Waals surface area contributed by atoms with Gasteiger partial charge in [-0.1, -0.05) is 38.2 Å². The maximum absolute atomic E-state index is 12.6. The summed E-state index contributed by atoms with van der Waals surface area (Å²) in [5.41, 5.74) is 2.29. The highest BCUT2D eigenvalue weighted by atomic mass is 16.5. The number of phenolic OH excluding ortho intramolecular Hbond substituents is 1. The van der Waals surface area contributed by atoms with E-state index in [1.165, 1.54) is 0 Å². The Morgan fingerprint density at radius 1 is 1.26 bits per heavy atom. The van der Waals surface area contributed by atoms with Crippen molar-refractivity contribution in [3.8, 4) is 5.75 Å². The number of rotatable bonds is 5. The minimum atomic E-state index is -0.550. The second kappa shape index (κ2) is 9.32. The molecule has 6 nitrogen and oxygen atoms in total. The molecule has 2 fully saturated rings. The molecule has 4 rings (SSSR count). The number of aliphatic hydroxyl groups is 2. The van der Waals surface area contributed by atoms with Gasteiger partial charge in [-0.25, -0.2) is 4.79 Å². The number of carbonyl (C=O) groups is 1. The predicted molar refractivity (Wildman–Crippen MR) is 138 cm³/mol. The van der Waals surface area contributed by atoms with Gasteiger partial charge in [-0.05, 0) is 61.3 Å². The van der Waals surface area contributed by atoms with Crippen molar-refractivity contribution in [3.05, 3.63) is 65.5 Å². The highest BCUT2D eigenvalue weighted by Gasteiger charge is 2.57. The van der Waals surface area contributed by atoms with E-state index in [4.69, 9.17) is 4.74 Å². The lowest BCUT2D eigenvalue weighted by Crippen LogP contribution is -2.57. The summed E-state index contributed by atoms with van der Waals surface area (Å²) in [5.74, 6) is 0.240. The molecule has 0 saturated heterocycles. The Kier molecular flexibility index (Phi) is 6.73. The topological polar surface area (TPSA) is 90.2 Å². The van der Waals surface area contributed by atoms with Crippen LogP contribution in [0.25, 0.3) is 6.08 Å². The molecule has 2 aliphatic carbocycles. The molecule has 5 atom stereocenters. The van der Waals surface area contributed by atoms with Crippen molar-refractivity contribution >= 4 is 17.7 Å². The molecule has 6 heteroatoms. The number of allylic oxidation sites excluding steroid dienone is 3.